The summed E-state index contributed by atoms with van der Waals surface area (Å²) in [7, 11) is 3.25. The van der Waals surface area contributed by atoms with Crippen molar-refractivity contribution in [1.82, 2.24) is 10.2 Å². The zero-order valence-corrected chi connectivity index (χ0v) is 16.0. The molecule has 0 fully saturated rings. The first kappa shape index (κ1) is 18.2. The number of ether oxygens (including phenoxy) is 2. The Hall–Kier alpha value is -2.63. The number of carbonyl (C=O) groups excluding carboxylic acids is 1. The van der Waals surface area contributed by atoms with E-state index in [1.807, 2.05) is 43.9 Å². The van der Waals surface area contributed by atoms with Gasteiger partial charge >= 0.3 is 6.03 Å². The lowest BCUT2D eigenvalue weighted by atomic mass is 9.99. The van der Waals surface area contributed by atoms with Gasteiger partial charge in [-0.3, -0.25) is 0 Å². The summed E-state index contributed by atoms with van der Waals surface area (Å²) < 4.78 is 16.3. The van der Waals surface area contributed by atoms with Crippen LogP contribution in [-0.4, -0.2) is 31.7 Å². The number of hydrogen-bond donors (Lipinski definition) is 1. The van der Waals surface area contributed by atoms with Crippen molar-refractivity contribution in [3.05, 3.63) is 46.4 Å². The molecule has 1 aromatic carbocycles. The molecule has 140 valence electrons. The molecule has 2 heterocycles. The molecule has 0 saturated carbocycles. The molecule has 1 aliphatic rings. The number of carbonyl (C=O) groups is 1. The number of urea groups is 1. The molecule has 1 N–H and O–H groups in total. The van der Waals surface area contributed by atoms with Gasteiger partial charge in [-0.25, -0.2) is 4.79 Å². The summed E-state index contributed by atoms with van der Waals surface area (Å²) in [6, 6.07) is 5.76. The summed E-state index contributed by atoms with van der Waals surface area (Å²) in [5, 5.41) is 3.07. The van der Waals surface area contributed by atoms with Gasteiger partial charge < -0.3 is 24.1 Å². The monoisotopic (exact) mass is 358 g/mol. The van der Waals surface area contributed by atoms with Crippen LogP contribution in [0.25, 0.3) is 0 Å². The van der Waals surface area contributed by atoms with Gasteiger partial charge in [0.1, 0.15) is 11.5 Å². The van der Waals surface area contributed by atoms with Crippen LogP contribution in [0.15, 0.2) is 22.6 Å². The van der Waals surface area contributed by atoms with E-state index in [1.54, 1.807) is 14.2 Å². The third kappa shape index (κ3) is 3.49. The second kappa shape index (κ2) is 7.32. The molecule has 6 heteroatoms. The van der Waals surface area contributed by atoms with E-state index in [-0.39, 0.29) is 12.1 Å². The molecule has 3 rings (SSSR count). The average Bonchev–Trinajstić information content (AvgIpc) is 2.98. The number of aryl methyl sites for hydroxylation is 2. The van der Waals surface area contributed by atoms with Gasteiger partial charge in [0.15, 0.2) is 11.5 Å². The first-order chi connectivity index (χ1) is 12.4. The van der Waals surface area contributed by atoms with Crippen LogP contribution in [0.1, 0.15) is 41.2 Å². The fraction of sp³-hybridized carbons (Fsp3) is 0.450. The van der Waals surface area contributed by atoms with E-state index < -0.39 is 0 Å². The van der Waals surface area contributed by atoms with Gasteiger partial charge in [-0.1, -0.05) is 0 Å². The number of nitrogens with one attached hydrogen (secondary N) is 1. The van der Waals surface area contributed by atoms with Crippen LogP contribution < -0.4 is 14.8 Å². The number of rotatable bonds is 4. The molecule has 1 atom stereocenters. The summed E-state index contributed by atoms with van der Waals surface area (Å²) >= 11 is 0. The van der Waals surface area contributed by atoms with Gasteiger partial charge in [0.25, 0.3) is 0 Å². The quantitative estimate of drug-likeness (QED) is 0.904. The van der Waals surface area contributed by atoms with E-state index in [0.29, 0.717) is 18.8 Å². The Morgan fingerprint density at radius 2 is 1.81 bits per heavy atom. The van der Waals surface area contributed by atoms with Crippen LogP contribution in [0.4, 0.5) is 4.79 Å². The number of furan rings is 1. The maximum Gasteiger partial charge on any atom is 0.318 e. The molecule has 2 amide bonds. The maximum absolute atomic E-state index is 12.7. The standard InChI is InChI=1S/C20H26N2O4/c1-12-8-17(14(3)26-12)13(2)21-20(23)22-7-6-15-9-18(24-4)19(25-5)10-16(15)11-22/h8-10,13H,6-7,11H2,1-5H3,(H,21,23). The minimum Gasteiger partial charge on any atom is -0.493 e. The lowest BCUT2D eigenvalue weighted by Crippen LogP contribution is -2.43. The number of amides is 2. The van der Waals surface area contributed by atoms with E-state index in [1.165, 1.54) is 5.56 Å². The van der Waals surface area contributed by atoms with Crippen molar-refractivity contribution in [2.75, 3.05) is 20.8 Å². The first-order valence-electron chi connectivity index (χ1n) is 8.79. The molecule has 0 bridgehead atoms. The highest BCUT2D eigenvalue weighted by Crippen LogP contribution is 2.33. The highest BCUT2D eigenvalue weighted by Gasteiger charge is 2.24. The summed E-state index contributed by atoms with van der Waals surface area (Å²) in [5.74, 6) is 3.11. The van der Waals surface area contributed by atoms with Crippen molar-refractivity contribution in [1.29, 1.82) is 0 Å². The van der Waals surface area contributed by atoms with Gasteiger partial charge in [0, 0.05) is 18.7 Å². The summed E-state index contributed by atoms with van der Waals surface area (Å²) in [6.45, 7) is 7.03. The van der Waals surface area contributed by atoms with Gasteiger partial charge in [-0.05, 0) is 56.5 Å². The minimum atomic E-state index is -0.105. The molecular formula is C20H26N2O4. The SMILES string of the molecule is COc1cc2c(cc1OC)CN(C(=O)NC(C)c1cc(C)oc1C)CC2. The van der Waals surface area contributed by atoms with Gasteiger partial charge in [-0.15, -0.1) is 0 Å². The predicted octanol–water partition coefficient (Wildman–Crippen LogP) is 3.74. The first-order valence-corrected chi connectivity index (χ1v) is 8.79. The Morgan fingerprint density at radius 3 is 2.38 bits per heavy atom. The lowest BCUT2D eigenvalue weighted by Gasteiger charge is -2.30. The van der Waals surface area contributed by atoms with Crippen LogP contribution in [0, 0.1) is 13.8 Å². The lowest BCUT2D eigenvalue weighted by molar-refractivity contribution is 0.189. The largest absolute Gasteiger partial charge is 0.493 e. The second-order valence-corrected chi connectivity index (χ2v) is 6.69. The predicted molar refractivity (Wildman–Crippen MR) is 98.8 cm³/mol. The fourth-order valence-corrected chi connectivity index (χ4v) is 3.49. The highest BCUT2D eigenvalue weighted by atomic mass is 16.5. The van der Waals surface area contributed by atoms with Crippen molar-refractivity contribution in [2.45, 2.75) is 39.8 Å². The van der Waals surface area contributed by atoms with Crippen molar-refractivity contribution < 1.29 is 18.7 Å². The van der Waals surface area contributed by atoms with Crippen LogP contribution in [0.2, 0.25) is 0 Å². The van der Waals surface area contributed by atoms with Crippen LogP contribution in [0.5, 0.6) is 11.5 Å². The molecule has 0 aliphatic carbocycles. The normalized spacial score (nSPS) is 14.6. The average molecular weight is 358 g/mol. The molecule has 6 nitrogen and oxygen atoms in total. The zero-order chi connectivity index (χ0) is 18.8. The van der Waals surface area contributed by atoms with E-state index in [4.69, 9.17) is 13.9 Å². The molecular weight excluding hydrogens is 332 g/mol. The van der Waals surface area contributed by atoms with Crippen molar-refractivity contribution >= 4 is 6.03 Å². The minimum absolute atomic E-state index is 0.0730. The molecule has 0 spiro atoms. The second-order valence-electron chi connectivity index (χ2n) is 6.69. The molecule has 1 aromatic heterocycles. The third-order valence-electron chi connectivity index (χ3n) is 4.89. The summed E-state index contributed by atoms with van der Waals surface area (Å²) in [4.78, 5) is 14.5. The Morgan fingerprint density at radius 1 is 1.15 bits per heavy atom. The van der Waals surface area contributed by atoms with E-state index in [0.717, 1.165) is 34.8 Å². The fourth-order valence-electron chi connectivity index (χ4n) is 3.49. The Kier molecular flexibility index (Phi) is 5.11. The molecule has 0 saturated heterocycles. The number of hydrogen-bond acceptors (Lipinski definition) is 4. The Bertz CT molecular complexity index is 812. The number of nitrogens with zero attached hydrogens (tertiary/aromatic N) is 1. The Labute approximate surface area is 154 Å². The van der Waals surface area contributed by atoms with Gasteiger partial charge in [-0.2, -0.15) is 0 Å². The van der Waals surface area contributed by atoms with Crippen LogP contribution >= 0.6 is 0 Å². The van der Waals surface area contributed by atoms with Crippen molar-refractivity contribution in [3.8, 4) is 11.5 Å². The summed E-state index contributed by atoms with van der Waals surface area (Å²) in [5.41, 5.74) is 3.30. The molecule has 1 unspecified atom stereocenters. The van der Waals surface area contributed by atoms with E-state index in [9.17, 15) is 4.79 Å². The molecule has 2 aromatic rings. The number of methoxy groups -OCH3 is 2. The molecule has 1 aliphatic heterocycles. The van der Waals surface area contributed by atoms with Gasteiger partial charge in [0.05, 0.1) is 20.3 Å². The molecule has 26 heavy (non-hydrogen) atoms. The number of benzene rings is 1. The molecule has 0 radical (unpaired) electrons. The van der Waals surface area contributed by atoms with Crippen LogP contribution in [-0.2, 0) is 13.0 Å². The topological polar surface area (TPSA) is 63.9 Å². The van der Waals surface area contributed by atoms with Crippen molar-refractivity contribution in [2.24, 2.45) is 0 Å². The van der Waals surface area contributed by atoms with Crippen molar-refractivity contribution in [3.63, 3.8) is 0 Å². The Balaban J connectivity index is 1.71. The number of fused-ring (bicyclic) bond motifs is 1. The van der Waals surface area contributed by atoms with E-state index in [2.05, 4.69) is 5.32 Å². The highest BCUT2D eigenvalue weighted by molar-refractivity contribution is 5.75. The van der Waals surface area contributed by atoms with Gasteiger partial charge in [0.2, 0.25) is 0 Å². The van der Waals surface area contributed by atoms with Crippen LogP contribution in [0.3, 0.4) is 0 Å². The maximum atomic E-state index is 12.7. The third-order valence-corrected chi connectivity index (χ3v) is 4.89. The zero-order valence-electron chi connectivity index (χ0n) is 16.0. The summed E-state index contributed by atoms with van der Waals surface area (Å²) in [6.07, 6.45) is 0.793. The van der Waals surface area contributed by atoms with E-state index >= 15 is 0 Å². The smallest absolute Gasteiger partial charge is 0.318 e.